The highest BCUT2D eigenvalue weighted by atomic mass is 16.1. The molecule has 0 saturated heterocycles. The van der Waals surface area contributed by atoms with Gasteiger partial charge in [0.25, 0.3) is 5.56 Å². The van der Waals surface area contributed by atoms with Crippen LogP contribution in [0.5, 0.6) is 0 Å². The number of aryl methyl sites for hydroxylation is 1. The fraction of sp³-hybridized carbons (Fsp3) is 0.636. The standard InChI is InChI=1S/C11H20N4O/c1-4-12-6-8-14(3)10-11(16)15(5-2)9-7-13-10/h7,9,12H,4-6,8H2,1-3H3. The predicted octanol–water partition coefficient (Wildman–Crippen LogP) is 0.309. The summed E-state index contributed by atoms with van der Waals surface area (Å²) in [5, 5.41) is 3.22. The van der Waals surface area contributed by atoms with Crippen molar-refractivity contribution in [3.8, 4) is 0 Å². The number of anilines is 1. The summed E-state index contributed by atoms with van der Waals surface area (Å²) in [6.45, 7) is 7.26. The van der Waals surface area contributed by atoms with Crippen LogP contribution < -0.4 is 15.8 Å². The van der Waals surface area contributed by atoms with Crippen molar-refractivity contribution < 1.29 is 0 Å². The number of hydrogen-bond acceptors (Lipinski definition) is 4. The summed E-state index contributed by atoms with van der Waals surface area (Å²) in [5.74, 6) is 0.516. The van der Waals surface area contributed by atoms with Crippen LogP contribution in [-0.4, -0.2) is 36.2 Å². The Hall–Kier alpha value is -1.36. The van der Waals surface area contributed by atoms with E-state index in [1.54, 1.807) is 17.0 Å². The molecule has 90 valence electrons. The Morgan fingerprint density at radius 2 is 2.25 bits per heavy atom. The maximum Gasteiger partial charge on any atom is 0.293 e. The van der Waals surface area contributed by atoms with E-state index in [1.165, 1.54) is 0 Å². The molecule has 0 aliphatic heterocycles. The molecule has 1 heterocycles. The molecule has 1 aromatic heterocycles. The fourth-order valence-electron chi connectivity index (χ4n) is 1.48. The normalized spacial score (nSPS) is 10.4. The van der Waals surface area contributed by atoms with Gasteiger partial charge in [0.1, 0.15) is 0 Å². The highest BCUT2D eigenvalue weighted by Crippen LogP contribution is 1.99. The number of likely N-dealkylation sites (N-methyl/N-ethyl adjacent to an activating group) is 2. The van der Waals surface area contributed by atoms with Gasteiger partial charge in [0.15, 0.2) is 5.82 Å². The van der Waals surface area contributed by atoms with E-state index < -0.39 is 0 Å². The van der Waals surface area contributed by atoms with Gasteiger partial charge >= 0.3 is 0 Å². The van der Waals surface area contributed by atoms with Crippen LogP contribution in [0.2, 0.25) is 0 Å². The lowest BCUT2D eigenvalue weighted by Crippen LogP contribution is -2.35. The van der Waals surface area contributed by atoms with Crippen molar-refractivity contribution in [2.24, 2.45) is 0 Å². The van der Waals surface area contributed by atoms with Gasteiger partial charge in [-0.05, 0) is 13.5 Å². The van der Waals surface area contributed by atoms with Crippen LogP contribution in [-0.2, 0) is 6.54 Å². The van der Waals surface area contributed by atoms with Crippen molar-refractivity contribution in [1.82, 2.24) is 14.9 Å². The Morgan fingerprint density at radius 1 is 1.50 bits per heavy atom. The molecule has 5 nitrogen and oxygen atoms in total. The molecule has 0 bridgehead atoms. The molecular weight excluding hydrogens is 204 g/mol. The topological polar surface area (TPSA) is 50.2 Å². The van der Waals surface area contributed by atoms with Crippen molar-refractivity contribution in [2.75, 3.05) is 31.6 Å². The summed E-state index contributed by atoms with van der Waals surface area (Å²) >= 11 is 0. The Kier molecular flexibility index (Phi) is 4.98. The second kappa shape index (κ2) is 6.27. The maximum atomic E-state index is 11.9. The summed E-state index contributed by atoms with van der Waals surface area (Å²) in [7, 11) is 1.89. The van der Waals surface area contributed by atoms with Crippen molar-refractivity contribution in [3.05, 3.63) is 22.7 Å². The number of nitrogens with one attached hydrogen (secondary N) is 1. The maximum absolute atomic E-state index is 11.9. The average molecular weight is 224 g/mol. The summed E-state index contributed by atoms with van der Waals surface area (Å²) in [5.41, 5.74) is -0.0241. The van der Waals surface area contributed by atoms with Crippen LogP contribution in [0.1, 0.15) is 13.8 Å². The fourth-order valence-corrected chi connectivity index (χ4v) is 1.48. The molecule has 1 rings (SSSR count). The van der Waals surface area contributed by atoms with E-state index in [9.17, 15) is 4.79 Å². The summed E-state index contributed by atoms with van der Waals surface area (Å²) < 4.78 is 1.66. The van der Waals surface area contributed by atoms with Crippen molar-refractivity contribution in [1.29, 1.82) is 0 Å². The van der Waals surface area contributed by atoms with Crippen LogP contribution in [0.25, 0.3) is 0 Å². The van der Waals surface area contributed by atoms with Crippen LogP contribution in [0, 0.1) is 0 Å². The molecule has 0 unspecified atom stereocenters. The first-order chi connectivity index (χ1) is 7.70. The van der Waals surface area contributed by atoms with Gasteiger partial charge in [0.2, 0.25) is 0 Å². The number of hydrogen-bond donors (Lipinski definition) is 1. The third-order valence-electron chi connectivity index (χ3n) is 2.47. The minimum absolute atomic E-state index is 0.0241. The minimum Gasteiger partial charge on any atom is -0.354 e. The van der Waals surface area contributed by atoms with Crippen LogP contribution in [0.4, 0.5) is 5.82 Å². The highest BCUT2D eigenvalue weighted by Gasteiger charge is 2.08. The Morgan fingerprint density at radius 3 is 2.88 bits per heavy atom. The van der Waals surface area contributed by atoms with Crippen LogP contribution in [0.3, 0.4) is 0 Å². The molecule has 0 aromatic carbocycles. The van der Waals surface area contributed by atoms with Crippen LogP contribution in [0.15, 0.2) is 17.2 Å². The Bertz CT molecular complexity index is 374. The minimum atomic E-state index is -0.0241. The van der Waals surface area contributed by atoms with Crippen molar-refractivity contribution >= 4 is 5.82 Å². The Labute approximate surface area is 96.1 Å². The SMILES string of the molecule is CCNCCN(C)c1nccn(CC)c1=O. The van der Waals surface area contributed by atoms with Gasteiger partial charge in [-0.1, -0.05) is 6.92 Å². The lowest BCUT2D eigenvalue weighted by molar-refractivity contribution is 0.682. The predicted molar refractivity (Wildman–Crippen MR) is 66.0 cm³/mol. The molecule has 0 aliphatic carbocycles. The first-order valence-corrected chi connectivity index (χ1v) is 5.68. The van der Waals surface area contributed by atoms with Gasteiger partial charge in [-0.3, -0.25) is 4.79 Å². The monoisotopic (exact) mass is 224 g/mol. The van der Waals surface area contributed by atoms with E-state index >= 15 is 0 Å². The summed E-state index contributed by atoms with van der Waals surface area (Å²) in [6, 6.07) is 0. The molecule has 16 heavy (non-hydrogen) atoms. The van der Waals surface area contributed by atoms with Crippen molar-refractivity contribution in [2.45, 2.75) is 20.4 Å². The van der Waals surface area contributed by atoms with Gasteiger partial charge in [0, 0.05) is 39.1 Å². The Balaban J connectivity index is 2.75. The summed E-state index contributed by atoms with van der Waals surface area (Å²) in [4.78, 5) is 17.9. The lowest BCUT2D eigenvalue weighted by atomic mass is 10.5. The zero-order chi connectivity index (χ0) is 12.0. The van der Waals surface area contributed by atoms with E-state index in [4.69, 9.17) is 0 Å². The molecule has 5 heteroatoms. The molecule has 0 radical (unpaired) electrons. The van der Waals surface area contributed by atoms with E-state index in [0.29, 0.717) is 12.4 Å². The van der Waals surface area contributed by atoms with Crippen LogP contribution >= 0.6 is 0 Å². The molecule has 0 fully saturated rings. The molecular formula is C11H20N4O. The lowest BCUT2D eigenvalue weighted by Gasteiger charge is -2.18. The first kappa shape index (κ1) is 12.7. The van der Waals surface area contributed by atoms with Gasteiger partial charge in [-0.15, -0.1) is 0 Å². The van der Waals surface area contributed by atoms with Gasteiger partial charge in [0.05, 0.1) is 0 Å². The molecule has 1 N–H and O–H groups in total. The van der Waals surface area contributed by atoms with Gasteiger partial charge in [-0.2, -0.15) is 0 Å². The molecule has 0 amide bonds. The second-order valence-corrected chi connectivity index (χ2v) is 3.62. The van der Waals surface area contributed by atoms with Gasteiger partial charge < -0.3 is 14.8 Å². The summed E-state index contributed by atoms with van der Waals surface area (Å²) in [6.07, 6.45) is 3.38. The molecule has 0 saturated carbocycles. The highest BCUT2D eigenvalue weighted by molar-refractivity contribution is 5.34. The first-order valence-electron chi connectivity index (χ1n) is 5.68. The smallest absolute Gasteiger partial charge is 0.293 e. The number of aromatic nitrogens is 2. The molecule has 0 spiro atoms. The zero-order valence-corrected chi connectivity index (χ0v) is 10.2. The second-order valence-electron chi connectivity index (χ2n) is 3.62. The van der Waals surface area contributed by atoms with E-state index in [2.05, 4.69) is 17.2 Å². The van der Waals surface area contributed by atoms with E-state index in [0.717, 1.165) is 19.6 Å². The van der Waals surface area contributed by atoms with Crippen molar-refractivity contribution in [3.63, 3.8) is 0 Å². The van der Waals surface area contributed by atoms with Gasteiger partial charge in [-0.25, -0.2) is 4.98 Å². The van der Waals surface area contributed by atoms with E-state index in [-0.39, 0.29) is 5.56 Å². The number of nitrogens with zero attached hydrogens (tertiary/aromatic N) is 3. The third kappa shape index (κ3) is 3.06. The average Bonchev–Trinajstić information content (AvgIpc) is 2.29. The molecule has 0 aliphatic rings. The quantitative estimate of drug-likeness (QED) is 0.707. The number of rotatable bonds is 6. The third-order valence-corrected chi connectivity index (χ3v) is 2.47. The van der Waals surface area contributed by atoms with E-state index in [1.807, 2.05) is 18.9 Å². The molecule has 0 atom stereocenters. The largest absolute Gasteiger partial charge is 0.354 e. The zero-order valence-electron chi connectivity index (χ0n) is 10.2. The molecule has 1 aromatic rings.